The molecule has 0 bridgehead atoms. The molecule has 2 aromatic rings. The van der Waals surface area contributed by atoms with Gasteiger partial charge >= 0.3 is 0 Å². The Morgan fingerprint density at radius 3 is 2.31 bits per heavy atom. The maximum atomic E-state index is 13.4. The highest BCUT2D eigenvalue weighted by atomic mass is 35.5. The predicted molar refractivity (Wildman–Crippen MR) is 148 cm³/mol. The molecular formula is C29H34ClFN4O4. The summed E-state index contributed by atoms with van der Waals surface area (Å²) in [5.74, 6) is -0.219. The summed E-state index contributed by atoms with van der Waals surface area (Å²) < 4.78 is 18.6. The van der Waals surface area contributed by atoms with Gasteiger partial charge in [-0.25, -0.2) is 4.39 Å². The topological polar surface area (TPSA) is 73.4 Å². The van der Waals surface area contributed by atoms with Crippen molar-refractivity contribution < 1.29 is 23.5 Å². The molecule has 39 heavy (non-hydrogen) atoms. The van der Waals surface area contributed by atoms with Gasteiger partial charge in [0.25, 0.3) is 5.91 Å². The zero-order chi connectivity index (χ0) is 28.1. The van der Waals surface area contributed by atoms with Crippen LogP contribution in [-0.2, 0) is 16.1 Å². The molecule has 2 aliphatic heterocycles. The van der Waals surface area contributed by atoms with E-state index < -0.39 is 0 Å². The first-order valence-corrected chi connectivity index (χ1v) is 13.4. The molecule has 1 unspecified atom stereocenters. The van der Waals surface area contributed by atoms with E-state index in [1.54, 1.807) is 40.1 Å². The third-order valence-electron chi connectivity index (χ3n) is 7.29. The Bertz CT molecular complexity index is 1240. The Labute approximate surface area is 233 Å². The van der Waals surface area contributed by atoms with Crippen LogP contribution in [0.3, 0.4) is 0 Å². The standard InChI is InChI=1S/C29H34ClFN4O4/c1-20-18-32(19-22-4-7-24(31)8-5-22)10-15-35(20)28(37)9-6-23-16-27(39-3)26(30)17-25(23)29(38)34-13-11-33(12-14-34)21(2)36/h4-9,16-17,20H,10-15,18-19H2,1-3H3. The molecule has 8 nitrogen and oxygen atoms in total. The number of methoxy groups -OCH3 is 1. The van der Waals surface area contributed by atoms with Gasteiger partial charge in [0.05, 0.1) is 12.1 Å². The van der Waals surface area contributed by atoms with Crippen LogP contribution in [0.1, 0.15) is 35.3 Å². The van der Waals surface area contributed by atoms with Crippen molar-refractivity contribution in [2.75, 3.05) is 52.9 Å². The first kappa shape index (κ1) is 28.6. The van der Waals surface area contributed by atoms with Gasteiger partial charge in [-0.1, -0.05) is 23.7 Å². The molecular weight excluding hydrogens is 523 g/mol. The number of ether oxygens (including phenoxy) is 1. The SMILES string of the molecule is COc1cc(C=CC(=O)N2CCN(Cc3ccc(F)cc3)CC2C)c(C(=O)N2CCN(C(C)=O)CC2)cc1Cl. The molecule has 1 atom stereocenters. The van der Waals surface area contributed by atoms with Gasteiger partial charge in [-0.05, 0) is 48.4 Å². The highest BCUT2D eigenvalue weighted by Crippen LogP contribution is 2.30. The molecule has 2 saturated heterocycles. The number of nitrogens with zero attached hydrogens (tertiary/aromatic N) is 4. The van der Waals surface area contributed by atoms with Crippen molar-refractivity contribution in [2.24, 2.45) is 0 Å². The van der Waals surface area contributed by atoms with E-state index in [9.17, 15) is 18.8 Å². The van der Waals surface area contributed by atoms with Gasteiger partial charge < -0.3 is 19.4 Å². The molecule has 4 rings (SSSR count). The van der Waals surface area contributed by atoms with Gasteiger partial charge in [-0.2, -0.15) is 0 Å². The van der Waals surface area contributed by atoms with Gasteiger partial charge in [0.1, 0.15) is 11.6 Å². The molecule has 0 radical (unpaired) electrons. The number of rotatable bonds is 6. The number of carbonyl (C=O) groups is 3. The fourth-order valence-corrected chi connectivity index (χ4v) is 5.29. The molecule has 208 valence electrons. The molecule has 2 aromatic carbocycles. The minimum absolute atomic E-state index is 0.0118. The van der Waals surface area contributed by atoms with Crippen molar-refractivity contribution in [1.82, 2.24) is 19.6 Å². The fourth-order valence-electron chi connectivity index (χ4n) is 5.05. The van der Waals surface area contributed by atoms with E-state index in [0.29, 0.717) is 74.3 Å². The van der Waals surface area contributed by atoms with E-state index in [2.05, 4.69) is 4.90 Å². The lowest BCUT2D eigenvalue weighted by atomic mass is 10.0. The number of piperazine rings is 2. The Kier molecular flexibility index (Phi) is 9.24. The second kappa shape index (κ2) is 12.6. The predicted octanol–water partition coefficient (Wildman–Crippen LogP) is 3.54. The van der Waals surface area contributed by atoms with Crippen molar-refractivity contribution in [3.8, 4) is 5.75 Å². The molecule has 10 heteroatoms. The second-order valence-corrected chi connectivity index (χ2v) is 10.4. The maximum Gasteiger partial charge on any atom is 0.254 e. The van der Waals surface area contributed by atoms with E-state index >= 15 is 0 Å². The second-order valence-electron chi connectivity index (χ2n) is 9.95. The number of halogens is 2. The lowest BCUT2D eigenvalue weighted by Gasteiger charge is -2.39. The maximum absolute atomic E-state index is 13.4. The smallest absolute Gasteiger partial charge is 0.254 e. The third-order valence-corrected chi connectivity index (χ3v) is 7.58. The van der Waals surface area contributed by atoms with Crippen LogP contribution in [-0.4, -0.2) is 96.3 Å². The molecule has 0 spiro atoms. The summed E-state index contributed by atoms with van der Waals surface area (Å²) in [4.78, 5) is 45.7. The number of carbonyl (C=O) groups excluding carboxylic acids is 3. The average Bonchev–Trinajstić information content (AvgIpc) is 2.93. The first-order valence-electron chi connectivity index (χ1n) is 13.0. The zero-order valence-corrected chi connectivity index (χ0v) is 23.3. The largest absolute Gasteiger partial charge is 0.495 e. The minimum Gasteiger partial charge on any atom is -0.495 e. The Balaban J connectivity index is 1.45. The molecule has 0 aliphatic carbocycles. The van der Waals surface area contributed by atoms with Crippen molar-refractivity contribution in [2.45, 2.75) is 26.4 Å². The van der Waals surface area contributed by atoms with Crippen LogP contribution in [0.25, 0.3) is 6.08 Å². The van der Waals surface area contributed by atoms with Gasteiger partial charge in [0.15, 0.2) is 0 Å². The Hall–Kier alpha value is -3.43. The number of hydrogen-bond acceptors (Lipinski definition) is 5. The minimum atomic E-state index is -0.256. The van der Waals surface area contributed by atoms with E-state index in [1.165, 1.54) is 32.2 Å². The van der Waals surface area contributed by atoms with Crippen molar-refractivity contribution in [1.29, 1.82) is 0 Å². The van der Waals surface area contributed by atoms with Crippen LogP contribution in [0, 0.1) is 5.82 Å². The lowest BCUT2D eigenvalue weighted by molar-refractivity contribution is -0.131. The molecule has 0 N–H and O–H groups in total. The van der Waals surface area contributed by atoms with Crippen molar-refractivity contribution in [3.05, 3.63) is 70.0 Å². The summed E-state index contributed by atoms with van der Waals surface area (Å²) in [7, 11) is 1.50. The normalized spacial score (nSPS) is 18.5. The average molecular weight is 557 g/mol. The van der Waals surface area contributed by atoms with Gasteiger partial charge in [0, 0.05) is 77.0 Å². The summed E-state index contributed by atoms with van der Waals surface area (Å²) in [6.07, 6.45) is 3.12. The number of benzene rings is 2. The Morgan fingerprint density at radius 1 is 1.03 bits per heavy atom. The van der Waals surface area contributed by atoms with Crippen LogP contribution in [0.5, 0.6) is 5.75 Å². The van der Waals surface area contributed by atoms with Crippen molar-refractivity contribution in [3.63, 3.8) is 0 Å². The molecule has 0 aromatic heterocycles. The van der Waals surface area contributed by atoms with Crippen LogP contribution in [0.15, 0.2) is 42.5 Å². The molecule has 2 aliphatic rings. The first-order chi connectivity index (χ1) is 18.7. The highest BCUT2D eigenvalue weighted by Gasteiger charge is 2.28. The van der Waals surface area contributed by atoms with E-state index in [1.807, 2.05) is 11.8 Å². The van der Waals surface area contributed by atoms with Crippen molar-refractivity contribution >= 4 is 35.4 Å². The summed E-state index contributed by atoms with van der Waals surface area (Å²) >= 11 is 6.36. The van der Waals surface area contributed by atoms with Crippen LogP contribution >= 0.6 is 11.6 Å². The van der Waals surface area contributed by atoms with E-state index in [-0.39, 0.29) is 29.6 Å². The third kappa shape index (κ3) is 6.96. The van der Waals surface area contributed by atoms with E-state index in [0.717, 1.165) is 5.56 Å². The van der Waals surface area contributed by atoms with Gasteiger partial charge in [0.2, 0.25) is 11.8 Å². The zero-order valence-electron chi connectivity index (χ0n) is 22.5. The van der Waals surface area contributed by atoms with Crippen LogP contribution < -0.4 is 4.74 Å². The summed E-state index contributed by atoms with van der Waals surface area (Å²) in [5, 5.41) is 0.303. The van der Waals surface area contributed by atoms with Crippen LogP contribution in [0.2, 0.25) is 5.02 Å². The van der Waals surface area contributed by atoms with Gasteiger partial charge in [-0.3, -0.25) is 19.3 Å². The summed E-state index contributed by atoms with van der Waals surface area (Å²) in [6.45, 7) is 7.96. The van der Waals surface area contributed by atoms with E-state index in [4.69, 9.17) is 16.3 Å². The van der Waals surface area contributed by atoms with Gasteiger partial charge in [-0.15, -0.1) is 0 Å². The van der Waals surface area contributed by atoms with Crippen LogP contribution in [0.4, 0.5) is 4.39 Å². The molecule has 3 amide bonds. The molecule has 2 fully saturated rings. The lowest BCUT2D eigenvalue weighted by Crippen LogP contribution is -2.53. The monoisotopic (exact) mass is 556 g/mol. The Morgan fingerprint density at radius 2 is 1.69 bits per heavy atom. The quantitative estimate of drug-likeness (QED) is 0.509. The number of amides is 3. The summed E-state index contributed by atoms with van der Waals surface area (Å²) in [5.41, 5.74) is 1.93. The highest BCUT2D eigenvalue weighted by molar-refractivity contribution is 6.32. The summed E-state index contributed by atoms with van der Waals surface area (Å²) in [6, 6.07) is 9.69. The molecule has 0 saturated carbocycles. The fraction of sp³-hybridized carbons (Fsp3) is 0.414. The number of hydrogen-bond donors (Lipinski definition) is 0. The molecule has 2 heterocycles.